The Morgan fingerprint density at radius 2 is 2.00 bits per heavy atom. The van der Waals surface area contributed by atoms with Gasteiger partial charge in [-0.1, -0.05) is 49.3 Å². The van der Waals surface area contributed by atoms with E-state index in [-0.39, 0.29) is 0 Å². The lowest BCUT2D eigenvalue weighted by Gasteiger charge is -2.23. The van der Waals surface area contributed by atoms with Crippen LogP contribution in [0.15, 0.2) is 60.3 Å². The molecule has 1 unspecified atom stereocenters. The highest BCUT2D eigenvalue weighted by Gasteiger charge is 2.31. The van der Waals surface area contributed by atoms with E-state index in [9.17, 15) is 0 Å². The summed E-state index contributed by atoms with van der Waals surface area (Å²) >= 11 is 0. The number of aryl methyl sites for hydroxylation is 1. The maximum atomic E-state index is 5.53. The Kier molecular flexibility index (Phi) is 4.17. The van der Waals surface area contributed by atoms with Crippen molar-refractivity contribution in [2.45, 2.75) is 27.3 Å². The van der Waals surface area contributed by atoms with Gasteiger partial charge in [0.05, 0.1) is 0 Å². The topological polar surface area (TPSA) is 3.88 Å². The summed E-state index contributed by atoms with van der Waals surface area (Å²) < 4.78 is 2.36. The van der Waals surface area contributed by atoms with Crippen LogP contribution in [0.25, 0.3) is 16.7 Å². The van der Waals surface area contributed by atoms with Crippen LogP contribution < -0.4 is 4.57 Å². The van der Waals surface area contributed by atoms with Gasteiger partial charge in [-0.05, 0) is 36.6 Å². The van der Waals surface area contributed by atoms with E-state index in [1.807, 2.05) is 6.08 Å². The Hall–Kier alpha value is -2.59. The number of hydrogen-bond donors (Lipinski definition) is 0. The second kappa shape index (κ2) is 6.26. The predicted octanol–water partition coefficient (Wildman–Crippen LogP) is 4.56. The van der Waals surface area contributed by atoms with Gasteiger partial charge in [-0.15, -0.1) is 6.42 Å². The molecular weight excluding hydrogens is 278 g/mol. The number of pyridine rings is 1. The summed E-state index contributed by atoms with van der Waals surface area (Å²) in [5.41, 5.74) is 7.62. The molecule has 1 atom stereocenters. The van der Waals surface area contributed by atoms with Crippen molar-refractivity contribution in [3.05, 3.63) is 71.6 Å². The molecule has 0 fully saturated rings. The van der Waals surface area contributed by atoms with Crippen molar-refractivity contribution in [3.8, 4) is 23.5 Å². The molecule has 2 aromatic rings. The fraction of sp³-hybridized carbons (Fsp3) is 0.227. The average molecular weight is 300 g/mol. The van der Waals surface area contributed by atoms with Crippen LogP contribution in [0.5, 0.6) is 0 Å². The summed E-state index contributed by atoms with van der Waals surface area (Å²) in [6, 6.07) is 12.9. The first-order chi connectivity index (χ1) is 11.2. The Balaban J connectivity index is 2.18. The number of benzene rings is 1. The van der Waals surface area contributed by atoms with Crippen LogP contribution in [0.2, 0.25) is 0 Å². The van der Waals surface area contributed by atoms with Crippen LogP contribution in [0.4, 0.5) is 0 Å². The van der Waals surface area contributed by atoms with E-state index in [2.05, 4.69) is 79.9 Å². The summed E-state index contributed by atoms with van der Waals surface area (Å²) in [7, 11) is 0. The van der Waals surface area contributed by atoms with Crippen LogP contribution in [-0.4, -0.2) is 0 Å². The molecule has 114 valence electrons. The molecule has 1 aliphatic rings. The van der Waals surface area contributed by atoms with E-state index in [1.165, 1.54) is 33.5 Å². The molecule has 1 aromatic heterocycles. The number of allylic oxidation sites excluding steroid dienone is 4. The number of nitrogens with zero attached hydrogens (tertiary/aromatic N) is 1. The standard InChI is InChI=1S/C22H22N/c1-5-10-20-17(4)14-23-15-21(18-11-8-7-9-12-18)16(3)13-22(23)19(20)6-2/h1,6-13,15,17H,14H2,2-4H3/q+1/b19-6+,20-10-. The monoisotopic (exact) mass is 300 g/mol. The van der Waals surface area contributed by atoms with Gasteiger partial charge in [0.15, 0.2) is 12.7 Å². The summed E-state index contributed by atoms with van der Waals surface area (Å²) in [4.78, 5) is 0. The van der Waals surface area contributed by atoms with Crippen LogP contribution in [0, 0.1) is 25.2 Å². The maximum absolute atomic E-state index is 5.53. The van der Waals surface area contributed by atoms with E-state index in [0.717, 1.165) is 6.54 Å². The Morgan fingerprint density at radius 1 is 1.26 bits per heavy atom. The fourth-order valence-electron chi connectivity index (χ4n) is 3.43. The normalized spacial score (nSPS) is 20.3. The van der Waals surface area contributed by atoms with Crippen molar-refractivity contribution in [1.82, 2.24) is 0 Å². The number of terminal acetylenes is 1. The average Bonchev–Trinajstić information content (AvgIpc) is 2.56. The molecule has 0 N–H and O–H groups in total. The van der Waals surface area contributed by atoms with Crippen LogP contribution in [0.1, 0.15) is 25.1 Å². The molecule has 0 spiro atoms. The molecule has 3 rings (SSSR count). The number of hydrogen-bond acceptors (Lipinski definition) is 0. The third-order valence-electron chi connectivity index (χ3n) is 4.57. The van der Waals surface area contributed by atoms with Crippen LogP contribution >= 0.6 is 0 Å². The molecular formula is C22H22N+. The Morgan fingerprint density at radius 3 is 2.65 bits per heavy atom. The highest BCUT2D eigenvalue weighted by atomic mass is 15.0. The maximum Gasteiger partial charge on any atom is 0.212 e. The van der Waals surface area contributed by atoms with E-state index in [0.29, 0.717) is 5.92 Å². The lowest BCUT2D eigenvalue weighted by atomic mass is 9.86. The number of aromatic nitrogens is 1. The van der Waals surface area contributed by atoms with Gasteiger partial charge in [-0.3, -0.25) is 0 Å². The van der Waals surface area contributed by atoms with Crippen molar-refractivity contribution < 1.29 is 4.57 Å². The van der Waals surface area contributed by atoms with Gasteiger partial charge >= 0.3 is 0 Å². The first kappa shape index (κ1) is 15.3. The smallest absolute Gasteiger partial charge is 0.197 e. The molecule has 0 saturated heterocycles. The summed E-state index contributed by atoms with van der Waals surface area (Å²) in [6.45, 7) is 7.46. The van der Waals surface area contributed by atoms with Gasteiger partial charge in [0.25, 0.3) is 0 Å². The van der Waals surface area contributed by atoms with Crippen molar-refractivity contribution in [1.29, 1.82) is 0 Å². The second-order valence-corrected chi connectivity index (χ2v) is 6.14. The second-order valence-electron chi connectivity index (χ2n) is 6.14. The van der Waals surface area contributed by atoms with Crippen LogP contribution in [0.3, 0.4) is 0 Å². The lowest BCUT2D eigenvalue weighted by Crippen LogP contribution is -2.45. The summed E-state index contributed by atoms with van der Waals surface area (Å²) in [6.07, 6.45) is 11.9. The van der Waals surface area contributed by atoms with Crippen LogP contribution in [-0.2, 0) is 6.54 Å². The van der Waals surface area contributed by atoms with E-state index in [1.54, 1.807) is 0 Å². The molecule has 0 aliphatic carbocycles. The number of rotatable bonds is 1. The van der Waals surface area contributed by atoms with E-state index >= 15 is 0 Å². The molecule has 1 nitrogen and oxygen atoms in total. The molecule has 23 heavy (non-hydrogen) atoms. The molecule has 1 heteroatoms. The summed E-state index contributed by atoms with van der Waals surface area (Å²) in [5.74, 6) is 3.12. The third kappa shape index (κ3) is 2.73. The van der Waals surface area contributed by atoms with Gasteiger partial charge in [0.1, 0.15) is 0 Å². The van der Waals surface area contributed by atoms with Crippen molar-refractivity contribution >= 4 is 5.57 Å². The minimum absolute atomic E-state index is 0.418. The highest BCUT2D eigenvalue weighted by Crippen LogP contribution is 2.33. The molecule has 2 heterocycles. The molecule has 0 saturated carbocycles. The molecule has 0 amide bonds. The molecule has 0 bridgehead atoms. The zero-order valence-corrected chi connectivity index (χ0v) is 14.0. The summed E-state index contributed by atoms with van der Waals surface area (Å²) in [5, 5.41) is 0. The van der Waals surface area contributed by atoms with Gasteiger partial charge < -0.3 is 0 Å². The van der Waals surface area contributed by atoms with Crippen molar-refractivity contribution in [2.75, 3.05) is 0 Å². The quantitative estimate of drug-likeness (QED) is 0.537. The van der Waals surface area contributed by atoms with Crippen molar-refractivity contribution in [2.24, 2.45) is 5.92 Å². The largest absolute Gasteiger partial charge is 0.212 e. The molecule has 1 aromatic carbocycles. The minimum Gasteiger partial charge on any atom is -0.197 e. The lowest BCUT2D eigenvalue weighted by molar-refractivity contribution is -0.705. The minimum atomic E-state index is 0.418. The Labute approximate surface area is 139 Å². The number of fused-ring (bicyclic) bond motifs is 1. The SMILES string of the molecule is C#C/C=C1\C(=C/C)c2cc(C)c(-c3ccccc3)c[n+]2CC1C. The zero-order chi connectivity index (χ0) is 16.4. The van der Waals surface area contributed by atoms with E-state index in [4.69, 9.17) is 6.42 Å². The van der Waals surface area contributed by atoms with Crippen molar-refractivity contribution in [3.63, 3.8) is 0 Å². The molecule has 0 radical (unpaired) electrons. The Bertz CT molecular complexity index is 832. The van der Waals surface area contributed by atoms with Gasteiger partial charge in [-0.25, -0.2) is 0 Å². The first-order valence-electron chi connectivity index (χ1n) is 8.08. The van der Waals surface area contributed by atoms with E-state index < -0.39 is 0 Å². The first-order valence-corrected chi connectivity index (χ1v) is 8.08. The third-order valence-corrected chi connectivity index (χ3v) is 4.57. The zero-order valence-electron chi connectivity index (χ0n) is 14.0. The van der Waals surface area contributed by atoms with Gasteiger partial charge in [-0.2, -0.15) is 4.57 Å². The highest BCUT2D eigenvalue weighted by molar-refractivity contribution is 5.79. The molecule has 1 aliphatic heterocycles. The fourth-order valence-corrected chi connectivity index (χ4v) is 3.43. The van der Waals surface area contributed by atoms with Gasteiger partial charge in [0.2, 0.25) is 5.69 Å². The van der Waals surface area contributed by atoms with Gasteiger partial charge in [0, 0.05) is 23.1 Å². The predicted molar refractivity (Wildman–Crippen MR) is 96.5 cm³/mol.